The van der Waals surface area contributed by atoms with Gasteiger partial charge in [0.1, 0.15) is 0 Å². The SMILES string of the molecule is C#CCN1CCN(CC#N)C(c2ccccc2)C1. The van der Waals surface area contributed by atoms with Crippen molar-refractivity contribution < 1.29 is 0 Å². The van der Waals surface area contributed by atoms with E-state index in [1.54, 1.807) is 0 Å². The number of piperazine rings is 1. The zero-order valence-corrected chi connectivity index (χ0v) is 10.4. The molecule has 1 aliphatic heterocycles. The summed E-state index contributed by atoms with van der Waals surface area (Å²) >= 11 is 0. The highest BCUT2D eigenvalue weighted by molar-refractivity contribution is 5.20. The molecule has 0 aromatic heterocycles. The fourth-order valence-electron chi connectivity index (χ4n) is 2.42. The van der Waals surface area contributed by atoms with Crippen LogP contribution in [0.1, 0.15) is 11.6 Å². The van der Waals surface area contributed by atoms with Crippen LogP contribution >= 0.6 is 0 Å². The van der Waals surface area contributed by atoms with Crippen LogP contribution in [0, 0.1) is 23.7 Å². The highest BCUT2D eigenvalue weighted by atomic mass is 15.3. The van der Waals surface area contributed by atoms with Crippen molar-refractivity contribution in [1.82, 2.24) is 9.80 Å². The summed E-state index contributed by atoms with van der Waals surface area (Å²) in [5.41, 5.74) is 1.26. The van der Waals surface area contributed by atoms with Crippen molar-refractivity contribution in [3.05, 3.63) is 35.9 Å². The monoisotopic (exact) mass is 239 g/mol. The van der Waals surface area contributed by atoms with Crippen molar-refractivity contribution in [2.75, 3.05) is 32.7 Å². The fourth-order valence-corrected chi connectivity index (χ4v) is 2.42. The summed E-state index contributed by atoms with van der Waals surface area (Å²) < 4.78 is 0. The largest absolute Gasteiger partial charge is 0.289 e. The summed E-state index contributed by atoms with van der Waals surface area (Å²) in [6.07, 6.45) is 5.38. The van der Waals surface area contributed by atoms with Gasteiger partial charge in [-0.15, -0.1) is 6.42 Å². The maximum absolute atomic E-state index is 8.91. The van der Waals surface area contributed by atoms with Gasteiger partial charge >= 0.3 is 0 Å². The molecule has 3 heteroatoms. The van der Waals surface area contributed by atoms with Crippen LogP contribution in [0.15, 0.2) is 30.3 Å². The molecule has 1 aromatic rings. The van der Waals surface area contributed by atoms with Gasteiger partial charge in [0.15, 0.2) is 0 Å². The Morgan fingerprint density at radius 3 is 2.67 bits per heavy atom. The summed E-state index contributed by atoms with van der Waals surface area (Å²) in [5.74, 6) is 2.70. The molecule has 18 heavy (non-hydrogen) atoms. The minimum Gasteiger partial charge on any atom is -0.289 e. The molecule has 1 aliphatic rings. The van der Waals surface area contributed by atoms with Gasteiger partial charge in [-0.25, -0.2) is 0 Å². The first-order chi connectivity index (χ1) is 8.85. The van der Waals surface area contributed by atoms with Crippen LogP contribution in [0.2, 0.25) is 0 Å². The van der Waals surface area contributed by atoms with E-state index >= 15 is 0 Å². The molecule has 3 nitrogen and oxygen atoms in total. The number of benzene rings is 1. The minimum atomic E-state index is 0.271. The number of nitrogens with zero attached hydrogens (tertiary/aromatic N) is 3. The molecule has 1 heterocycles. The van der Waals surface area contributed by atoms with Gasteiger partial charge in [-0.1, -0.05) is 36.3 Å². The second kappa shape index (κ2) is 6.21. The zero-order valence-electron chi connectivity index (χ0n) is 10.4. The lowest BCUT2D eigenvalue weighted by Crippen LogP contribution is -2.48. The van der Waals surface area contributed by atoms with Gasteiger partial charge < -0.3 is 0 Å². The Hall–Kier alpha value is -1.81. The maximum Gasteiger partial charge on any atom is 0.0871 e. The quantitative estimate of drug-likeness (QED) is 0.591. The molecule has 2 rings (SSSR count). The van der Waals surface area contributed by atoms with E-state index in [2.05, 4.69) is 33.9 Å². The smallest absolute Gasteiger partial charge is 0.0871 e. The normalized spacial score (nSPS) is 21.1. The number of hydrogen-bond donors (Lipinski definition) is 0. The molecule has 0 aliphatic carbocycles. The van der Waals surface area contributed by atoms with E-state index in [0.29, 0.717) is 13.1 Å². The Morgan fingerprint density at radius 1 is 1.22 bits per heavy atom. The highest BCUT2D eigenvalue weighted by Crippen LogP contribution is 2.24. The van der Waals surface area contributed by atoms with Crippen LogP contribution in [-0.4, -0.2) is 42.5 Å². The van der Waals surface area contributed by atoms with Gasteiger partial charge in [-0.3, -0.25) is 9.80 Å². The van der Waals surface area contributed by atoms with E-state index in [-0.39, 0.29) is 6.04 Å². The van der Waals surface area contributed by atoms with E-state index in [1.807, 2.05) is 18.2 Å². The average molecular weight is 239 g/mol. The van der Waals surface area contributed by atoms with Crippen molar-refractivity contribution in [1.29, 1.82) is 5.26 Å². The molecule has 1 unspecified atom stereocenters. The second-order valence-electron chi connectivity index (χ2n) is 4.49. The topological polar surface area (TPSA) is 30.3 Å². The third-order valence-electron chi connectivity index (χ3n) is 3.35. The number of terminal acetylenes is 1. The Morgan fingerprint density at radius 2 is 2.00 bits per heavy atom. The molecule has 92 valence electrons. The van der Waals surface area contributed by atoms with Gasteiger partial charge in [0.25, 0.3) is 0 Å². The second-order valence-corrected chi connectivity index (χ2v) is 4.49. The van der Waals surface area contributed by atoms with Crippen molar-refractivity contribution in [3.63, 3.8) is 0 Å². The molecule has 0 saturated carbocycles. The molecule has 1 fully saturated rings. The summed E-state index contributed by atoms with van der Waals surface area (Å²) in [4.78, 5) is 4.49. The van der Waals surface area contributed by atoms with Gasteiger partial charge in [-0.05, 0) is 5.56 Å². The molecule has 0 radical (unpaired) electrons. The van der Waals surface area contributed by atoms with Crippen LogP contribution in [0.25, 0.3) is 0 Å². The number of nitriles is 1. The van der Waals surface area contributed by atoms with Gasteiger partial charge in [0, 0.05) is 25.7 Å². The highest BCUT2D eigenvalue weighted by Gasteiger charge is 2.27. The van der Waals surface area contributed by atoms with Gasteiger partial charge in [-0.2, -0.15) is 5.26 Å². The molecule has 0 bridgehead atoms. The van der Waals surface area contributed by atoms with Crippen LogP contribution in [0.4, 0.5) is 0 Å². The number of hydrogen-bond acceptors (Lipinski definition) is 3. The summed E-state index contributed by atoms with van der Waals surface area (Å²) in [5, 5.41) is 8.91. The molecule has 0 amide bonds. The molecular weight excluding hydrogens is 222 g/mol. The predicted molar refractivity (Wildman–Crippen MR) is 71.6 cm³/mol. The molecule has 0 N–H and O–H groups in total. The van der Waals surface area contributed by atoms with Crippen LogP contribution < -0.4 is 0 Å². The molecule has 0 spiro atoms. The van der Waals surface area contributed by atoms with Crippen LogP contribution in [-0.2, 0) is 0 Å². The van der Waals surface area contributed by atoms with E-state index in [1.165, 1.54) is 5.56 Å². The molecule has 1 atom stereocenters. The Balaban J connectivity index is 2.15. The average Bonchev–Trinajstić information content (AvgIpc) is 2.42. The van der Waals surface area contributed by atoms with Gasteiger partial charge in [0.2, 0.25) is 0 Å². The lowest BCUT2D eigenvalue weighted by atomic mass is 10.0. The molecular formula is C15H17N3. The van der Waals surface area contributed by atoms with Crippen LogP contribution in [0.5, 0.6) is 0 Å². The standard InChI is InChI=1S/C15H17N3/c1-2-9-17-11-12-18(10-8-16)15(13-17)14-6-4-3-5-7-14/h1,3-7,15H,9-13H2. The van der Waals surface area contributed by atoms with Gasteiger partial charge in [0.05, 0.1) is 19.2 Å². The lowest BCUT2D eigenvalue weighted by molar-refractivity contribution is 0.0942. The van der Waals surface area contributed by atoms with Crippen molar-refractivity contribution in [2.24, 2.45) is 0 Å². The maximum atomic E-state index is 8.91. The summed E-state index contributed by atoms with van der Waals surface area (Å²) in [7, 11) is 0. The Bertz CT molecular complexity index is 455. The first kappa shape index (κ1) is 12.6. The first-order valence-electron chi connectivity index (χ1n) is 6.17. The summed E-state index contributed by atoms with van der Waals surface area (Å²) in [6, 6.07) is 12.9. The number of rotatable bonds is 3. The minimum absolute atomic E-state index is 0.271. The van der Waals surface area contributed by atoms with Crippen molar-refractivity contribution in [3.8, 4) is 18.4 Å². The zero-order chi connectivity index (χ0) is 12.8. The van der Waals surface area contributed by atoms with Crippen molar-refractivity contribution in [2.45, 2.75) is 6.04 Å². The van der Waals surface area contributed by atoms with E-state index in [4.69, 9.17) is 11.7 Å². The first-order valence-corrected chi connectivity index (χ1v) is 6.17. The molecule has 1 saturated heterocycles. The van der Waals surface area contributed by atoms with E-state index in [0.717, 1.165) is 19.6 Å². The lowest BCUT2D eigenvalue weighted by Gasteiger charge is -2.40. The van der Waals surface area contributed by atoms with Crippen molar-refractivity contribution >= 4 is 0 Å². The third kappa shape index (κ3) is 2.90. The van der Waals surface area contributed by atoms with E-state index in [9.17, 15) is 0 Å². The molecule has 1 aromatic carbocycles. The van der Waals surface area contributed by atoms with Crippen LogP contribution in [0.3, 0.4) is 0 Å². The fraction of sp³-hybridized carbons (Fsp3) is 0.400. The van der Waals surface area contributed by atoms with E-state index < -0.39 is 0 Å². The third-order valence-corrected chi connectivity index (χ3v) is 3.35. The Kier molecular flexibility index (Phi) is 4.36. The summed E-state index contributed by atoms with van der Waals surface area (Å²) in [6.45, 7) is 3.90. The predicted octanol–water partition coefficient (Wildman–Crippen LogP) is 1.50. The Labute approximate surface area is 109 Å².